The van der Waals surface area contributed by atoms with Crippen LogP contribution in [-0.4, -0.2) is 26.8 Å². The van der Waals surface area contributed by atoms with Gasteiger partial charge in [-0.15, -0.1) is 0 Å². The van der Waals surface area contributed by atoms with E-state index < -0.39 is 10.3 Å². The number of rotatable bonds is 3. The Morgan fingerprint density at radius 3 is 2.19 bits per heavy atom. The Morgan fingerprint density at radius 1 is 0.857 bits per heavy atom. The lowest BCUT2D eigenvalue weighted by Crippen LogP contribution is -2.26. The molecule has 3 aromatic carbocycles. The number of nitrogens with zero attached hydrogens (tertiary/aromatic N) is 1. The van der Waals surface area contributed by atoms with Crippen molar-refractivity contribution in [1.29, 1.82) is 0 Å². The third-order valence-corrected chi connectivity index (χ3v) is 4.66. The minimum Gasteiger partial charge on any atom is -0.371 e. The third kappa shape index (κ3) is 2.57. The van der Waals surface area contributed by atoms with Crippen LogP contribution in [0.4, 0.5) is 0 Å². The van der Waals surface area contributed by atoms with Crippen LogP contribution in [0.25, 0.3) is 21.5 Å². The van der Waals surface area contributed by atoms with Crippen molar-refractivity contribution in [3.63, 3.8) is 0 Å². The molecule has 0 bridgehead atoms. The molecule has 3 aromatic rings. The molecule has 4 nitrogen and oxygen atoms in total. The summed E-state index contributed by atoms with van der Waals surface area (Å²) in [5.74, 6) is 0.313. The van der Waals surface area contributed by atoms with Crippen molar-refractivity contribution in [2.75, 3.05) is 14.1 Å². The topological polar surface area (TPSA) is 46.6 Å². The van der Waals surface area contributed by atoms with Gasteiger partial charge in [-0.25, -0.2) is 0 Å². The van der Waals surface area contributed by atoms with Crippen molar-refractivity contribution in [3.8, 4) is 5.75 Å². The van der Waals surface area contributed by atoms with Crippen LogP contribution in [0.15, 0.2) is 54.6 Å². The predicted molar refractivity (Wildman–Crippen MR) is 84.7 cm³/mol. The van der Waals surface area contributed by atoms with Gasteiger partial charge in [0.25, 0.3) is 0 Å². The fourth-order valence-electron chi connectivity index (χ4n) is 2.23. The van der Waals surface area contributed by atoms with Gasteiger partial charge in [0, 0.05) is 14.1 Å². The summed E-state index contributed by atoms with van der Waals surface area (Å²) in [5.41, 5.74) is 0. The summed E-state index contributed by atoms with van der Waals surface area (Å²) in [4.78, 5) is 0. The summed E-state index contributed by atoms with van der Waals surface area (Å²) in [7, 11) is -0.867. The summed E-state index contributed by atoms with van der Waals surface area (Å²) in [6, 6.07) is 17.3. The van der Waals surface area contributed by atoms with E-state index in [1.807, 2.05) is 36.4 Å². The molecule has 0 heterocycles. The van der Waals surface area contributed by atoms with Gasteiger partial charge in [0.15, 0.2) is 0 Å². The lowest BCUT2D eigenvalue weighted by molar-refractivity contribution is 0.421. The Bertz CT molecular complexity index is 917. The Balaban J connectivity index is 2.17. The first-order valence-corrected chi connectivity index (χ1v) is 7.87. The molecule has 0 unspecified atom stereocenters. The standard InChI is InChI=1S/C16H15NO3S/c1-17(2)21(18,19)20-14-10-9-13-8-7-12-5-3-4-6-15(12)16(13)11-14/h3-11H,1-2H3. The van der Waals surface area contributed by atoms with Crippen LogP contribution >= 0.6 is 0 Å². The maximum absolute atomic E-state index is 11.8. The lowest BCUT2D eigenvalue weighted by Gasteiger charge is -2.12. The van der Waals surface area contributed by atoms with Crippen molar-refractivity contribution in [3.05, 3.63) is 54.6 Å². The highest BCUT2D eigenvalue weighted by Gasteiger charge is 2.16. The van der Waals surface area contributed by atoms with E-state index in [4.69, 9.17) is 4.18 Å². The average molecular weight is 301 g/mol. The summed E-state index contributed by atoms with van der Waals surface area (Å²) in [6.07, 6.45) is 0. The van der Waals surface area contributed by atoms with Crippen LogP contribution in [0.3, 0.4) is 0 Å². The predicted octanol–water partition coefficient (Wildman–Crippen LogP) is 3.18. The molecule has 0 aromatic heterocycles. The Kier molecular flexibility index (Phi) is 3.31. The van der Waals surface area contributed by atoms with Crippen molar-refractivity contribution in [2.24, 2.45) is 0 Å². The molecule has 0 aliphatic carbocycles. The second-order valence-electron chi connectivity index (χ2n) is 4.99. The molecule has 0 spiro atoms. The molecule has 0 amide bonds. The second kappa shape index (κ2) is 5.02. The molecular formula is C16H15NO3S. The number of hydrogen-bond acceptors (Lipinski definition) is 3. The van der Waals surface area contributed by atoms with E-state index in [1.165, 1.54) is 14.1 Å². The van der Waals surface area contributed by atoms with Gasteiger partial charge < -0.3 is 4.18 Å². The van der Waals surface area contributed by atoms with E-state index in [2.05, 4.69) is 6.07 Å². The minimum atomic E-state index is -3.74. The van der Waals surface area contributed by atoms with E-state index in [-0.39, 0.29) is 0 Å². The van der Waals surface area contributed by atoms with Gasteiger partial charge in [0.1, 0.15) is 5.75 Å². The van der Waals surface area contributed by atoms with Crippen LogP contribution in [0.1, 0.15) is 0 Å². The Morgan fingerprint density at radius 2 is 1.48 bits per heavy atom. The van der Waals surface area contributed by atoms with Gasteiger partial charge in [-0.2, -0.15) is 12.7 Å². The van der Waals surface area contributed by atoms with Crippen LogP contribution in [0, 0.1) is 0 Å². The van der Waals surface area contributed by atoms with Crippen molar-refractivity contribution in [1.82, 2.24) is 4.31 Å². The highest BCUT2D eigenvalue weighted by Crippen LogP contribution is 2.29. The number of hydrogen-bond donors (Lipinski definition) is 0. The van der Waals surface area contributed by atoms with Crippen LogP contribution < -0.4 is 4.18 Å². The molecule has 0 aliphatic rings. The van der Waals surface area contributed by atoms with E-state index >= 15 is 0 Å². The van der Waals surface area contributed by atoms with Gasteiger partial charge in [0.05, 0.1) is 0 Å². The van der Waals surface area contributed by atoms with Crippen molar-refractivity contribution in [2.45, 2.75) is 0 Å². The zero-order valence-corrected chi connectivity index (χ0v) is 12.6. The zero-order chi connectivity index (χ0) is 15.0. The molecule has 3 rings (SSSR count). The molecule has 0 atom stereocenters. The van der Waals surface area contributed by atoms with Gasteiger partial charge in [-0.3, -0.25) is 0 Å². The fourth-order valence-corrected chi connectivity index (χ4v) is 2.73. The lowest BCUT2D eigenvalue weighted by atomic mass is 10.0. The average Bonchev–Trinajstić information content (AvgIpc) is 2.46. The van der Waals surface area contributed by atoms with Crippen molar-refractivity contribution >= 4 is 31.8 Å². The molecule has 0 aliphatic heterocycles. The second-order valence-corrected chi connectivity index (χ2v) is 6.75. The molecule has 0 radical (unpaired) electrons. The first kappa shape index (κ1) is 13.9. The van der Waals surface area contributed by atoms with Crippen LogP contribution in [0.2, 0.25) is 0 Å². The SMILES string of the molecule is CN(C)S(=O)(=O)Oc1ccc2ccc3ccccc3c2c1. The molecule has 108 valence electrons. The normalized spacial score (nSPS) is 12.1. The molecule has 0 N–H and O–H groups in total. The largest absolute Gasteiger partial charge is 0.384 e. The van der Waals surface area contributed by atoms with Crippen LogP contribution in [0.5, 0.6) is 5.75 Å². The molecule has 0 fully saturated rings. The van der Waals surface area contributed by atoms with Gasteiger partial charge in [0.2, 0.25) is 0 Å². The Hall–Kier alpha value is -2.11. The van der Waals surface area contributed by atoms with E-state index in [0.29, 0.717) is 5.75 Å². The smallest absolute Gasteiger partial charge is 0.371 e. The number of fused-ring (bicyclic) bond motifs is 3. The van der Waals surface area contributed by atoms with Gasteiger partial charge in [-0.1, -0.05) is 42.5 Å². The number of benzene rings is 3. The van der Waals surface area contributed by atoms with Gasteiger partial charge >= 0.3 is 10.3 Å². The van der Waals surface area contributed by atoms with Gasteiger partial charge in [-0.05, 0) is 33.7 Å². The summed E-state index contributed by atoms with van der Waals surface area (Å²) < 4.78 is 29.8. The van der Waals surface area contributed by atoms with E-state index in [0.717, 1.165) is 25.9 Å². The third-order valence-electron chi connectivity index (χ3n) is 3.37. The summed E-state index contributed by atoms with van der Waals surface area (Å²) in [5, 5.41) is 4.20. The van der Waals surface area contributed by atoms with E-state index in [1.54, 1.807) is 12.1 Å². The highest BCUT2D eigenvalue weighted by atomic mass is 32.2. The summed E-state index contributed by atoms with van der Waals surface area (Å²) >= 11 is 0. The van der Waals surface area contributed by atoms with Crippen LogP contribution in [-0.2, 0) is 10.3 Å². The van der Waals surface area contributed by atoms with E-state index in [9.17, 15) is 8.42 Å². The van der Waals surface area contributed by atoms with Crippen molar-refractivity contribution < 1.29 is 12.6 Å². The Labute approximate surface area is 123 Å². The molecule has 0 saturated heterocycles. The molecule has 21 heavy (non-hydrogen) atoms. The minimum absolute atomic E-state index is 0.313. The first-order valence-electron chi connectivity index (χ1n) is 6.51. The maximum Gasteiger partial charge on any atom is 0.384 e. The fraction of sp³-hybridized carbons (Fsp3) is 0.125. The summed E-state index contributed by atoms with van der Waals surface area (Å²) in [6.45, 7) is 0. The zero-order valence-electron chi connectivity index (χ0n) is 11.8. The quantitative estimate of drug-likeness (QED) is 0.698. The maximum atomic E-state index is 11.8. The molecule has 0 saturated carbocycles. The monoisotopic (exact) mass is 301 g/mol. The highest BCUT2D eigenvalue weighted by molar-refractivity contribution is 7.84. The first-order chi connectivity index (χ1) is 9.97. The molecule has 5 heteroatoms. The molecular weight excluding hydrogens is 286 g/mol.